The fraction of sp³-hybridized carbons (Fsp3) is 0.500. The molecule has 166 valence electrons. The zero-order chi connectivity index (χ0) is 22.9. The summed E-state index contributed by atoms with van der Waals surface area (Å²) in [4.78, 5) is 17.2. The maximum Gasteiger partial charge on any atom is 0.354 e. The first-order valence-electron chi connectivity index (χ1n) is 9.66. The van der Waals surface area contributed by atoms with Crippen LogP contribution in [0.2, 0.25) is 0 Å². The van der Waals surface area contributed by atoms with E-state index in [9.17, 15) is 14.1 Å². The number of nitrogens with zero attached hydrogens (tertiary/aromatic N) is 2. The summed E-state index contributed by atoms with van der Waals surface area (Å²) in [5.74, 6) is 0.281. The minimum Gasteiger partial charge on any atom is -0.388 e. The first kappa shape index (κ1) is 24.3. The molecule has 1 aromatic heterocycles. The number of anilines is 2. The Morgan fingerprint density at radius 3 is 2.17 bits per heavy atom. The summed E-state index contributed by atoms with van der Waals surface area (Å²) >= 11 is 0.972. The monoisotopic (exact) mass is 453 g/mol. The van der Waals surface area contributed by atoms with Crippen molar-refractivity contribution in [2.24, 2.45) is 9.50 Å². The second kappa shape index (κ2) is 9.01. The maximum absolute atomic E-state index is 12.9. The van der Waals surface area contributed by atoms with Crippen molar-refractivity contribution in [1.82, 2.24) is 4.98 Å². The molecule has 0 spiro atoms. The molecule has 30 heavy (non-hydrogen) atoms. The first-order valence-corrected chi connectivity index (χ1v) is 12.1. The number of carbonyl (C=O) groups is 1. The average molecular weight is 454 g/mol. The molecular formula is C20H31N5O3S2. The number of thiazole rings is 1. The largest absolute Gasteiger partial charge is 0.388 e. The molecule has 0 fully saturated rings. The second-order valence-corrected chi connectivity index (χ2v) is 11.2. The van der Waals surface area contributed by atoms with Gasteiger partial charge in [-0.25, -0.2) is 19.1 Å². The maximum atomic E-state index is 12.9. The van der Waals surface area contributed by atoms with Gasteiger partial charge in [0.05, 0.1) is 10.5 Å². The molecule has 1 unspecified atom stereocenters. The quantitative estimate of drug-likeness (QED) is 0.508. The summed E-state index contributed by atoms with van der Waals surface area (Å²) in [6, 6.07) is 3.15. The molecule has 2 aromatic rings. The second-order valence-electron chi connectivity index (χ2n) is 8.23. The number of hydrogen-bond donors (Lipinski definition) is 4. The molecule has 0 radical (unpaired) electrons. The SMILES string of the molecule is CNc1cc(C(C)C)c(NC(=O)N=S(N)(=O)c2ncc(C(C)(C)O)s2)c(C(C)C)c1. The van der Waals surface area contributed by atoms with Gasteiger partial charge in [0.25, 0.3) is 0 Å². The molecule has 8 nitrogen and oxygen atoms in total. The van der Waals surface area contributed by atoms with Gasteiger partial charge >= 0.3 is 6.03 Å². The smallest absolute Gasteiger partial charge is 0.354 e. The molecule has 10 heteroatoms. The van der Waals surface area contributed by atoms with Crippen LogP contribution in [0, 0.1) is 0 Å². The van der Waals surface area contributed by atoms with Crippen molar-refractivity contribution in [3.8, 4) is 0 Å². The molecule has 0 aliphatic rings. The number of amides is 2. The third-order valence-corrected chi connectivity index (χ3v) is 7.63. The van der Waals surface area contributed by atoms with Gasteiger partial charge in [0.1, 0.15) is 0 Å². The Labute approximate surface area is 182 Å². The van der Waals surface area contributed by atoms with Gasteiger partial charge in [0.2, 0.25) is 4.34 Å². The average Bonchev–Trinajstić information content (AvgIpc) is 3.12. The summed E-state index contributed by atoms with van der Waals surface area (Å²) in [7, 11) is -1.71. The van der Waals surface area contributed by atoms with Gasteiger partial charge in [-0.15, -0.1) is 15.7 Å². The Bertz CT molecular complexity index is 1020. The lowest BCUT2D eigenvalue weighted by atomic mass is 9.91. The first-order chi connectivity index (χ1) is 13.8. The summed E-state index contributed by atoms with van der Waals surface area (Å²) in [5, 5.41) is 21.9. The molecule has 0 bridgehead atoms. The van der Waals surface area contributed by atoms with Gasteiger partial charge in [-0.2, -0.15) is 0 Å². The van der Waals surface area contributed by atoms with E-state index < -0.39 is 21.5 Å². The standard InChI is InChI=1S/C20H31N5O3S2/c1-11(2)14-8-13(22-7)9-15(12(3)4)17(14)24-18(26)25-30(21,28)19-23-10-16(29-19)20(5,6)27/h8-12,22,27H,1-7H3,(H3,21,24,25,26,28). The summed E-state index contributed by atoms with van der Waals surface area (Å²) in [6.07, 6.45) is 1.39. The van der Waals surface area contributed by atoms with Crippen molar-refractivity contribution >= 4 is 38.7 Å². The summed E-state index contributed by atoms with van der Waals surface area (Å²) < 4.78 is 16.6. The number of nitrogens with two attached hydrogens (primary N) is 1. The third kappa shape index (κ3) is 5.57. The van der Waals surface area contributed by atoms with Crippen LogP contribution in [-0.2, 0) is 15.5 Å². The van der Waals surface area contributed by atoms with E-state index in [0.29, 0.717) is 10.6 Å². The Kier molecular flexibility index (Phi) is 7.28. The van der Waals surface area contributed by atoms with E-state index in [1.54, 1.807) is 13.8 Å². The van der Waals surface area contributed by atoms with Crippen LogP contribution < -0.4 is 15.8 Å². The van der Waals surface area contributed by atoms with E-state index in [0.717, 1.165) is 28.2 Å². The predicted molar refractivity (Wildman–Crippen MR) is 124 cm³/mol. The van der Waals surface area contributed by atoms with E-state index in [1.807, 2.05) is 46.9 Å². The summed E-state index contributed by atoms with van der Waals surface area (Å²) in [5.41, 5.74) is 2.33. The normalized spacial score (nSPS) is 14.0. The molecule has 5 N–H and O–H groups in total. The molecule has 1 aromatic carbocycles. The molecule has 1 atom stereocenters. The van der Waals surface area contributed by atoms with Crippen LogP contribution >= 0.6 is 11.3 Å². The molecule has 2 amide bonds. The predicted octanol–water partition coefficient (Wildman–Crippen LogP) is 4.59. The van der Waals surface area contributed by atoms with Crippen LogP contribution in [0.25, 0.3) is 0 Å². The van der Waals surface area contributed by atoms with E-state index in [2.05, 4.69) is 20.0 Å². The lowest BCUT2D eigenvalue weighted by Gasteiger charge is -2.21. The highest BCUT2D eigenvalue weighted by molar-refractivity contribution is 7.93. The van der Waals surface area contributed by atoms with Gasteiger partial charge in [-0.1, -0.05) is 27.7 Å². The minimum atomic E-state index is -3.55. The highest BCUT2D eigenvalue weighted by Gasteiger charge is 2.24. The van der Waals surface area contributed by atoms with E-state index in [1.165, 1.54) is 6.20 Å². The number of benzene rings is 1. The number of carbonyl (C=O) groups excluding carboxylic acids is 1. The lowest BCUT2D eigenvalue weighted by Crippen LogP contribution is -2.19. The van der Waals surface area contributed by atoms with Gasteiger partial charge in [-0.05, 0) is 48.9 Å². The number of aliphatic hydroxyl groups is 1. The van der Waals surface area contributed by atoms with Gasteiger partial charge < -0.3 is 15.7 Å². The third-order valence-electron chi connectivity index (χ3n) is 4.52. The van der Waals surface area contributed by atoms with Crippen molar-refractivity contribution in [3.63, 3.8) is 0 Å². The van der Waals surface area contributed by atoms with Crippen LogP contribution in [-0.4, -0.2) is 27.4 Å². The van der Waals surface area contributed by atoms with Crippen molar-refractivity contribution in [2.75, 3.05) is 17.7 Å². The lowest BCUT2D eigenvalue weighted by molar-refractivity contribution is 0.0823. The van der Waals surface area contributed by atoms with Crippen molar-refractivity contribution in [3.05, 3.63) is 34.3 Å². The number of rotatable bonds is 6. The van der Waals surface area contributed by atoms with Gasteiger partial charge in [-0.3, -0.25) is 0 Å². The van der Waals surface area contributed by atoms with E-state index in [4.69, 9.17) is 5.14 Å². The van der Waals surface area contributed by atoms with Gasteiger partial charge in [0, 0.05) is 24.6 Å². The Morgan fingerprint density at radius 2 is 1.77 bits per heavy atom. The fourth-order valence-electron chi connectivity index (χ4n) is 2.86. The highest BCUT2D eigenvalue weighted by Crippen LogP contribution is 2.36. The zero-order valence-electron chi connectivity index (χ0n) is 18.4. The summed E-state index contributed by atoms with van der Waals surface area (Å²) in [6.45, 7) is 11.3. The molecule has 0 saturated carbocycles. The number of urea groups is 1. The van der Waals surface area contributed by atoms with E-state index >= 15 is 0 Å². The highest BCUT2D eigenvalue weighted by atomic mass is 32.2. The van der Waals surface area contributed by atoms with Crippen LogP contribution in [0.4, 0.5) is 16.2 Å². The Balaban J connectivity index is 2.46. The number of hydrogen-bond acceptors (Lipinski definition) is 6. The van der Waals surface area contributed by atoms with Crippen LogP contribution in [0.1, 0.15) is 69.4 Å². The molecule has 0 aliphatic carbocycles. The molecule has 0 aliphatic heterocycles. The Hall–Kier alpha value is -2.01. The zero-order valence-corrected chi connectivity index (χ0v) is 20.1. The van der Waals surface area contributed by atoms with Crippen LogP contribution in [0.5, 0.6) is 0 Å². The number of aromatic nitrogens is 1. The van der Waals surface area contributed by atoms with Gasteiger partial charge in [0.15, 0.2) is 9.92 Å². The van der Waals surface area contributed by atoms with Crippen molar-refractivity contribution in [2.45, 2.75) is 63.3 Å². The van der Waals surface area contributed by atoms with E-state index in [-0.39, 0.29) is 16.2 Å². The molecule has 2 rings (SSSR count). The molecule has 0 saturated heterocycles. The van der Waals surface area contributed by atoms with Crippen molar-refractivity contribution < 1.29 is 14.1 Å². The van der Waals surface area contributed by atoms with Crippen LogP contribution in [0.3, 0.4) is 0 Å². The van der Waals surface area contributed by atoms with Crippen LogP contribution in [0.15, 0.2) is 27.0 Å². The molecular weight excluding hydrogens is 422 g/mol. The Morgan fingerprint density at radius 1 is 1.23 bits per heavy atom. The van der Waals surface area contributed by atoms with Crippen molar-refractivity contribution in [1.29, 1.82) is 0 Å². The number of nitrogens with one attached hydrogen (secondary N) is 2. The fourth-order valence-corrected chi connectivity index (χ4v) is 4.94. The molecule has 1 heterocycles. The topological polar surface area (TPSA) is 130 Å². The minimum absolute atomic E-state index is 0.00604.